The van der Waals surface area contributed by atoms with Crippen molar-refractivity contribution < 1.29 is 13.9 Å². The molecule has 1 rings (SSSR count). The molecule has 0 saturated carbocycles. The van der Waals surface area contributed by atoms with Gasteiger partial charge in [-0.3, -0.25) is 4.39 Å². The smallest absolute Gasteiger partial charge is 0.157 e. The maximum absolute atomic E-state index is 11.7. The van der Waals surface area contributed by atoms with E-state index in [0.29, 0.717) is 13.0 Å². The minimum atomic E-state index is -0.241. The van der Waals surface area contributed by atoms with Crippen LogP contribution in [0.4, 0.5) is 4.39 Å². The van der Waals surface area contributed by atoms with E-state index in [1.165, 1.54) is 6.42 Å². The summed E-state index contributed by atoms with van der Waals surface area (Å²) in [6.07, 6.45) is 4.72. The minimum Gasteiger partial charge on any atom is -0.353 e. The molecule has 1 fully saturated rings. The number of hydrogen-bond acceptors (Lipinski definition) is 2. The molecule has 72 valence electrons. The number of rotatable bonds is 5. The monoisotopic (exact) mass is 176 g/mol. The molecule has 0 radical (unpaired) electrons. The zero-order valence-corrected chi connectivity index (χ0v) is 7.43. The first kappa shape index (κ1) is 9.93. The quantitative estimate of drug-likeness (QED) is 0.598. The van der Waals surface area contributed by atoms with Gasteiger partial charge in [-0.1, -0.05) is 0 Å². The lowest BCUT2D eigenvalue weighted by atomic mass is 10.2. The fourth-order valence-corrected chi connectivity index (χ4v) is 1.25. The number of hydrogen-bond donors (Lipinski definition) is 0. The van der Waals surface area contributed by atoms with Crippen molar-refractivity contribution in [1.29, 1.82) is 0 Å². The highest BCUT2D eigenvalue weighted by molar-refractivity contribution is 4.53. The average molecular weight is 176 g/mol. The number of unbranched alkanes of at least 4 members (excludes halogenated alkanes) is 1. The van der Waals surface area contributed by atoms with E-state index in [9.17, 15) is 4.39 Å². The minimum absolute atomic E-state index is 0.0154. The van der Waals surface area contributed by atoms with Crippen LogP contribution in [0, 0.1) is 0 Å². The van der Waals surface area contributed by atoms with Crippen LogP contribution in [0.5, 0.6) is 0 Å². The molecule has 1 aliphatic rings. The predicted molar refractivity (Wildman–Crippen MR) is 44.8 cm³/mol. The largest absolute Gasteiger partial charge is 0.353 e. The first-order chi connectivity index (χ1) is 5.93. The molecule has 0 aliphatic carbocycles. The van der Waals surface area contributed by atoms with Gasteiger partial charge in [0.25, 0.3) is 0 Å². The van der Waals surface area contributed by atoms with E-state index in [1.54, 1.807) is 0 Å². The van der Waals surface area contributed by atoms with Crippen LogP contribution in [0.2, 0.25) is 0 Å². The molecule has 0 amide bonds. The van der Waals surface area contributed by atoms with Gasteiger partial charge >= 0.3 is 0 Å². The van der Waals surface area contributed by atoms with Gasteiger partial charge in [-0.25, -0.2) is 0 Å². The molecule has 0 aromatic rings. The Morgan fingerprint density at radius 1 is 1.33 bits per heavy atom. The van der Waals surface area contributed by atoms with Crippen molar-refractivity contribution in [3.8, 4) is 0 Å². The number of halogens is 1. The first-order valence-electron chi connectivity index (χ1n) is 4.72. The van der Waals surface area contributed by atoms with Crippen molar-refractivity contribution >= 4 is 0 Å². The molecule has 0 aromatic heterocycles. The standard InChI is InChI=1S/C9H17FO2/c10-6-2-4-8-12-9-5-1-3-7-11-9/h9H,1-8H2. The van der Waals surface area contributed by atoms with Crippen LogP contribution in [0.15, 0.2) is 0 Å². The van der Waals surface area contributed by atoms with E-state index in [1.807, 2.05) is 0 Å². The molecular weight excluding hydrogens is 159 g/mol. The first-order valence-corrected chi connectivity index (χ1v) is 4.72. The molecule has 1 saturated heterocycles. The van der Waals surface area contributed by atoms with Crippen LogP contribution in [-0.2, 0) is 9.47 Å². The lowest BCUT2D eigenvalue weighted by Gasteiger charge is -2.22. The summed E-state index contributed by atoms with van der Waals surface area (Å²) in [6, 6.07) is 0. The number of alkyl halides is 1. The summed E-state index contributed by atoms with van der Waals surface area (Å²) in [7, 11) is 0. The molecule has 0 bridgehead atoms. The van der Waals surface area contributed by atoms with E-state index < -0.39 is 0 Å². The summed E-state index contributed by atoms with van der Waals surface area (Å²) in [5, 5.41) is 0. The van der Waals surface area contributed by atoms with Crippen molar-refractivity contribution in [3.63, 3.8) is 0 Å². The van der Waals surface area contributed by atoms with Crippen molar-refractivity contribution in [2.45, 2.75) is 38.4 Å². The lowest BCUT2D eigenvalue weighted by Crippen LogP contribution is -2.22. The van der Waals surface area contributed by atoms with Crippen LogP contribution in [-0.4, -0.2) is 26.2 Å². The zero-order chi connectivity index (χ0) is 8.65. The summed E-state index contributed by atoms with van der Waals surface area (Å²) < 4.78 is 22.4. The van der Waals surface area contributed by atoms with Gasteiger partial charge in [0.05, 0.1) is 6.67 Å². The summed E-state index contributed by atoms with van der Waals surface area (Å²) >= 11 is 0. The Kier molecular flexibility index (Phi) is 5.28. The SMILES string of the molecule is FCCCCOC1CCCCO1. The molecule has 3 heteroatoms. The third-order valence-electron chi connectivity index (χ3n) is 1.97. The van der Waals surface area contributed by atoms with Crippen LogP contribution in [0.1, 0.15) is 32.1 Å². The molecule has 1 unspecified atom stereocenters. The van der Waals surface area contributed by atoms with Gasteiger partial charge in [-0.15, -0.1) is 0 Å². The second kappa shape index (κ2) is 6.38. The topological polar surface area (TPSA) is 18.5 Å². The van der Waals surface area contributed by atoms with Crippen LogP contribution in [0.3, 0.4) is 0 Å². The van der Waals surface area contributed by atoms with E-state index in [2.05, 4.69) is 0 Å². The maximum Gasteiger partial charge on any atom is 0.157 e. The molecule has 1 atom stereocenters. The van der Waals surface area contributed by atoms with Gasteiger partial charge in [0.15, 0.2) is 6.29 Å². The Morgan fingerprint density at radius 3 is 2.92 bits per heavy atom. The molecule has 0 N–H and O–H groups in total. The van der Waals surface area contributed by atoms with Crippen LogP contribution >= 0.6 is 0 Å². The lowest BCUT2D eigenvalue weighted by molar-refractivity contribution is -0.162. The summed E-state index contributed by atoms with van der Waals surface area (Å²) in [5.74, 6) is 0. The predicted octanol–water partition coefficient (Wildman–Crippen LogP) is 2.28. The molecule has 12 heavy (non-hydrogen) atoms. The highest BCUT2D eigenvalue weighted by Gasteiger charge is 2.12. The van der Waals surface area contributed by atoms with Crippen molar-refractivity contribution in [2.75, 3.05) is 19.9 Å². The number of ether oxygens (including phenoxy) is 2. The van der Waals surface area contributed by atoms with Gasteiger partial charge in [0.1, 0.15) is 0 Å². The second-order valence-electron chi connectivity index (χ2n) is 3.06. The van der Waals surface area contributed by atoms with Crippen LogP contribution in [0.25, 0.3) is 0 Å². The molecule has 0 aromatic carbocycles. The highest BCUT2D eigenvalue weighted by Crippen LogP contribution is 2.13. The molecule has 1 heterocycles. The average Bonchev–Trinajstić information content (AvgIpc) is 2.14. The Balaban J connectivity index is 1.91. The normalized spacial score (nSPS) is 24.2. The van der Waals surface area contributed by atoms with E-state index in [4.69, 9.17) is 9.47 Å². The fraction of sp³-hybridized carbons (Fsp3) is 1.00. The molecule has 1 aliphatic heterocycles. The Morgan fingerprint density at radius 2 is 2.25 bits per heavy atom. The highest BCUT2D eigenvalue weighted by atomic mass is 19.1. The Bertz CT molecular complexity index is 103. The third-order valence-corrected chi connectivity index (χ3v) is 1.97. The van der Waals surface area contributed by atoms with Gasteiger partial charge in [-0.05, 0) is 32.1 Å². The van der Waals surface area contributed by atoms with E-state index in [0.717, 1.165) is 25.9 Å². The Labute approximate surface area is 73.0 Å². The Hall–Kier alpha value is -0.150. The summed E-state index contributed by atoms with van der Waals surface area (Å²) in [5.41, 5.74) is 0. The van der Waals surface area contributed by atoms with Gasteiger partial charge in [-0.2, -0.15) is 0 Å². The van der Waals surface area contributed by atoms with E-state index >= 15 is 0 Å². The van der Waals surface area contributed by atoms with E-state index in [-0.39, 0.29) is 13.0 Å². The molecule has 2 nitrogen and oxygen atoms in total. The molecular formula is C9H17FO2. The second-order valence-corrected chi connectivity index (χ2v) is 3.06. The summed E-state index contributed by atoms with van der Waals surface area (Å²) in [4.78, 5) is 0. The van der Waals surface area contributed by atoms with Crippen molar-refractivity contribution in [1.82, 2.24) is 0 Å². The van der Waals surface area contributed by atoms with Crippen molar-refractivity contribution in [2.24, 2.45) is 0 Å². The maximum atomic E-state index is 11.7. The van der Waals surface area contributed by atoms with Crippen LogP contribution < -0.4 is 0 Å². The fourth-order valence-electron chi connectivity index (χ4n) is 1.25. The van der Waals surface area contributed by atoms with Gasteiger partial charge in [0, 0.05) is 13.2 Å². The van der Waals surface area contributed by atoms with Gasteiger partial charge < -0.3 is 9.47 Å². The van der Waals surface area contributed by atoms with Crippen molar-refractivity contribution in [3.05, 3.63) is 0 Å². The third kappa shape index (κ3) is 4.02. The molecule has 0 spiro atoms. The van der Waals surface area contributed by atoms with Gasteiger partial charge in [0.2, 0.25) is 0 Å². The zero-order valence-electron chi connectivity index (χ0n) is 7.43. The summed E-state index contributed by atoms with van der Waals surface area (Å²) in [6.45, 7) is 1.21.